The van der Waals surface area contributed by atoms with E-state index in [1.54, 1.807) is 11.8 Å². The number of nitrogens with zero attached hydrogens (tertiary/aromatic N) is 1. The van der Waals surface area contributed by atoms with Gasteiger partial charge in [0, 0.05) is 19.6 Å². The van der Waals surface area contributed by atoms with Gasteiger partial charge >= 0.3 is 0 Å². The van der Waals surface area contributed by atoms with Gasteiger partial charge in [0.25, 0.3) is 5.91 Å². The first kappa shape index (κ1) is 16.5. The van der Waals surface area contributed by atoms with Crippen molar-refractivity contribution in [2.24, 2.45) is 5.92 Å². The maximum absolute atomic E-state index is 12.3. The summed E-state index contributed by atoms with van der Waals surface area (Å²) in [5.41, 5.74) is -0.290. The molecule has 0 saturated carbocycles. The molecule has 0 radical (unpaired) electrons. The molecule has 1 fully saturated rings. The number of hydrogen-bond acceptors (Lipinski definition) is 3. The summed E-state index contributed by atoms with van der Waals surface area (Å²) in [7, 11) is 0. The number of hydrogen-bond donors (Lipinski definition) is 2. The predicted molar refractivity (Wildman–Crippen MR) is 84.1 cm³/mol. The van der Waals surface area contributed by atoms with Crippen LogP contribution in [0.15, 0.2) is 30.3 Å². The Morgan fingerprint density at radius 1 is 1.32 bits per heavy atom. The van der Waals surface area contributed by atoms with Crippen molar-refractivity contribution in [2.75, 3.05) is 19.6 Å². The molecule has 2 amide bonds. The van der Waals surface area contributed by atoms with E-state index in [2.05, 4.69) is 5.32 Å². The van der Waals surface area contributed by atoms with Crippen LogP contribution in [-0.2, 0) is 16.0 Å². The molecular formula is C17H24N2O3. The number of nitrogens with one attached hydrogen (secondary N) is 1. The number of aryl methyl sites for hydroxylation is 1. The van der Waals surface area contributed by atoms with Crippen LogP contribution in [0.2, 0.25) is 0 Å². The lowest BCUT2D eigenvalue weighted by Gasteiger charge is -2.41. The number of benzene rings is 1. The number of rotatable bonds is 6. The first-order valence-electron chi connectivity index (χ1n) is 7.77. The van der Waals surface area contributed by atoms with E-state index in [0.717, 1.165) is 5.56 Å². The van der Waals surface area contributed by atoms with Crippen LogP contribution in [0.25, 0.3) is 0 Å². The predicted octanol–water partition coefficient (Wildman–Crippen LogP) is 0.965. The van der Waals surface area contributed by atoms with E-state index in [4.69, 9.17) is 0 Å². The molecule has 1 aliphatic heterocycles. The Kier molecular flexibility index (Phi) is 5.19. The fraction of sp³-hybridized carbons (Fsp3) is 0.529. The van der Waals surface area contributed by atoms with Gasteiger partial charge in [-0.2, -0.15) is 0 Å². The van der Waals surface area contributed by atoms with Gasteiger partial charge in [0.1, 0.15) is 5.60 Å². The van der Waals surface area contributed by atoms with Gasteiger partial charge in [0.15, 0.2) is 0 Å². The van der Waals surface area contributed by atoms with E-state index >= 15 is 0 Å². The Hall–Kier alpha value is -1.88. The highest BCUT2D eigenvalue weighted by Crippen LogP contribution is 2.23. The van der Waals surface area contributed by atoms with Gasteiger partial charge in [-0.25, -0.2) is 0 Å². The molecule has 1 aromatic carbocycles. The monoisotopic (exact) mass is 304 g/mol. The van der Waals surface area contributed by atoms with Crippen molar-refractivity contribution in [2.45, 2.75) is 32.3 Å². The molecule has 2 rings (SSSR count). The maximum Gasteiger partial charge on any atom is 0.254 e. The topological polar surface area (TPSA) is 69.6 Å². The van der Waals surface area contributed by atoms with E-state index in [9.17, 15) is 14.7 Å². The summed E-state index contributed by atoms with van der Waals surface area (Å²) >= 11 is 0. The lowest BCUT2D eigenvalue weighted by atomic mass is 9.91. The number of carbonyl (C=O) groups excluding carboxylic acids is 2. The second-order valence-electron chi connectivity index (χ2n) is 6.06. The van der Waals surface area contributed by atoms with Gasteiger partial charge in [-0.05, 0) is 32.3 Å². The number of aliphatic hydroxyl groups is 1. The Labute approximate surface area is 131 Å². The van der Waals surface area contributed by atoms with Gasteiger partial charge in [-0.3, -0.25) is 9.59 Å². The van der Waals surface area contributed by atoms with Gasteiger partial charge in [-0.1, -0.05) is 30.3 Å². The number of carbonyl (C=O) groups is 2. The Morgan fingerprint density at radius 3 is 2.55 bits per heavy atom. The highest BCUT2D eigenvalue weighted by molar-refractivity contribution is 5.88. The molecule has 1 aliphatic rings. The van der Waals surface area contributed by atoms with Gasteiger partial charge < -0.3 is 15.3 Å². The lowest BCUT2D eigenvalue weighted by molar-refractivity contribution is -0.159. The minimum absolute atomic E-state index is 0.0181. The van der Waals surface area contributed by atoms with Gasteiger partial charge in [-0.15, -0.1) is 0 Å². The molecule has 0 bridgehead atoms. The third-order valence-electron chi connectivity index (χ3n) is 4.09. The fourth-order valence-corrected chi connectivity index (χ4v) is 2.61. The minimum atomic E-state index is -1.39. The standard InChI is InChI=1S/C17H24N2O3/c1-3-18-15(20)14-11-19(12-14)16(21)17(2,22)10-9-13-7-5-4-6-8-13/h4-8,14,22H,3,9-12H2,1-2H3,(H,18,20)/t17-/m1/s1. The minimum Gasteiger partial charge on any atom is -0.380 e. The Morgan fingerprint density at radius 2 is 1.95 bits per heavy atom. The average molecular weight is 304 g/mol. The molecule has 0 aliphatic carbocycles. The molecule has 0 aromatic heterocycles. The Bertz CT molecular complexity index is 522. The third-order valence-corrected chi connectivity index (χ3v) is 4.09. The van der Waals surface area contributed by atoms with Crippen LogP contribution < -0.4 is 5.32 Å². The first-order chi connectivity index (χ1) is 10.4. The molecular weight excluding hydrogens is 280 g/mol. The fourth-order valence-electron chi connectivity index (χ4n) is 2.61. The van der Waals surface area contributed by atoms with Crippen LogP contribution in [-0.4, -0.2) is 47.1 Å². The molecule has 5 nitrogen and oxygen atoms in total. The van der Waals surface area contributed by atoms with Crippen LogP contribution in [0.3, 0.4) is 0 Å². The second kappa shape index (κ2) is 6.92. The summed E-state index contributed by atoms with van der Waals surface area (Å²) in [4.78, 5) is 25.5. The molecule has 5 heteroatoms. The zero-order valence-electron chi connectivity index (χ0n) is 13.2. The molecule has 22 heavy (non-hydrogen) atoms. The largest absolute Gasteiger partial charge is 0.380 e. The van der Waals surface area contributed by atoms with Crippen molar-refractivity contribution < 1.29 is 14.7 Å². The van der Waals surface area contributed by atoms with Crippen LogP contribution >= 0.6 is 0 Å². The van der Waals surface area contributed by atoms with Crippen LogP contribution in [0, 0.1) is 5.92 Å². The zero-order chi connectivity index (χ0) is 16.2. The van der Waals surface area contributed by atoms with Crippen LogP contribution in [0.1, 0.15) is 25.8 Å². The van der Waals surface area contributed by atoms with Crippen molar-refractivity contribution >= 4 is 11.8 Å². The third kappa shape index (κ3) is 3.85. The summed E-state index contributed by atoms with van der Waals surface area (Å²) in [5.74, 6) is -0.451. The molecule has 0 unspecified atom stereocenters. The van der Waals surface area contributed by atoms with Crippen molar-refractivity contribution in [3.05, 3.63) is 35.9 Å². The lowest BCUT2D eigenvalue weighted by Crippen LogP contribution is -2.60. The van der Waals surface area contributed by atoms with Crippen molar-refractivity contribution in [3.8, 4) is 0 Å². The molecule has 1 heterocycles. The maximum atomic E-state index is 12.3. The van der Waals surface area contributed by atoms with Crippen molar-refractivity contribution in [1.29, 1.82) is 0 Å². The summed E-state index contributed by atoms with van der Waals surface area (Å²) < 4.78 is 0. The first-order valence-corrected chi connectivity index (χ1v) is 7.77. The van der Waals surface area contributed by atoms with E-state index in [0.29, 0.717) is 32.5 Å². The number of amides is 2. The molecule has 1 saturated heterocycles. The summed E-state index contributed by atoms with van der Waals surface area (Å²) in [6.07, 6.45) is 1.02. The van der Waals surface area contributed by atoms with Crippen molar-refractivity contribution in [3.63, 3.8) is 0 Å². The second-order valence-corrected chi connectivity index (χ2v) is 6.06. The molecule has 1 aromatic rings. The van der Waals surface area contributed by atoms with Crippen LogP contribution in [0.4, 0.5) is 0 Å². The number of likely N-dealkylation sites (tertiary alicyclic amines) is 1. The summed E-state index contributed by atoms with van der Waals surface area (Å²) in [6.45, 7) is 4.81. The Balaban J connectivity index is 1.83. The van der Waals surface area contributed by atoms with Crippen molar-refractivity contribution in [1.82, 2.24) is 10.2 Å². The molecule has 2 N–H and O–H groups in total. The van der Waals surface area contributed by atoms with E-state index in [1.165, 1.54) is 0 Å². The SMILES string of the molecule is CCNC(=O)C1CN(C(=O)[C@](C)(O)CCc2ccccc2)C1. The van der Waals surface area contributed by atoms with E-state index in [1.807, 2.05) is 37.3 Å². The normalized spacial score (nSPS) is 17.5. The van der Waals surface area contributed by atoms with Crippen LogP contribution in [0.5, 0.6) is 0 Å². The zero-order valence-corrected chi connectivity index (χ0v) is 13.2. The smallest absolute Gasteiger partial charge is 0.254 e. The highest BCUT2D eigenvalue weighted by Gasteiger charge is 2.42. The molecule has 1 atom stereocenters. The van der Waals surface area contributed by atoms with Gasteiger partial charge in [0.05, 0.1) is 5.92 Å². The van der Waals surface area contributed by atoms with E-state index in [-0.39, 0.29) is 17.7 Å². The molecule has 0 spiro atoms. The van der Waals surface area contributed by atoms with E-state index < -0.39 is 5.60 Å². The highest BCUT2D eigenvalue weighted by atomic mass is 16.3. The summed E-state index contributed by atoms with van der Waals surface area (Å²) in [6, 6.07) is 9.79. The quantitative estimate of drug-likeness (QED) is 0.822. The molecule has 120 valence electrons. The average Bonchev–Trinajstić information content (AvgIpc) is 2.45. The summed E-state index contributed by atoms with van der Waals surface area (Å²) in [5, 5.41) is 13.2. The van der Waals surface area contributed by atoms with Gasteiger partial charge in [0.2, 0.25) is 5.91 Å².